The van der Waals surface area contributed by atoms with Gasteiger partial charge in [-0.3, -0.25) is 4.79 Å². The molecule has 1 fully saturated rings. The third-order valence-electron chi connectivity index (χ3n) is 3.05. The van der Waals surface area contributed by atoms with Crippen molar-refractivity contribution in [3.05, 3.63) is 22.4 Å². The number of aliphatic hydroxyl groups excluding tert-OH is 1. The van der Waals surface area contributed by atoms with Crippen LogP contribution in [-0.2, 0) is 0 Å². The van der Waals surface area contributed by atoms with Crippen LogP contribution in [0.25, 0.3) is 0 Å². The molecule has 6 heteroatoms. The van der Waals surface area contributed by atoms with Gasteiger partial charge < -0.3 is 14.7 Å². The van der Waals surface area contributed by atoms with Crippen LogP contribution in [0.2, 0.25) is 0 Å². The van der Waals surface area contributed by atoms with E-state index < -0.39 is 6.10 Å². The van der Waals surface area contributed by atoms with Crippen molar-refractivity contribution in [3.8, 4) is 5.75 Å². The highest BCUT2D eigenvalue weighted by atomic mass is 79.9. The minimum Gasteiger partial charge on any atom is -0.491 e. The van der Waals surface area contributed by atoms with Crippen molar-refractivity contribution in [2.45, 2.75) is 25.9 Å². The molecule has 0 saturated carbocycles. The minimum absolute atomic E-state index is 0.120. The first-order chi connectivity index (χ1) is 9.11. The molecule has 1 amide bonds. The number of rotatable bonds is 3. The van der Waals surface area contributed by atoms with Crippen molar-refractivity contribution in [1.29, 1.82) is 0 Å². The lowest BCUT2D eigenvalue weighted by Gasteiger charge is -2.30. The van der Waals surface area contributed by atoms with Gasteiger partial charge in [-0.15, -0.1) is 0 Å². The number of hydrogen-bond donors (Lipinski definition) is 1. The molecule has 19 heavy (non-hydrogen) atoms. The number of aromatic nitrogens is 1. The van der Waals surface area contributed by atoms with E-state index in [-0.39, 0.29) is 5.91 Å². The Hall–Kier alpha value is -1.14. The van der Waals surface area contributed by atoms with E-state index in [0.717, 1.165) is 12.8 Å². The summed E-state index contributed by atoms with van der Waals surface area (Å²) in [5.74, 6) is 0.362. The van der Waals surface area contributed by atoms with Gasteiger partial charge in [0.25, 0.3) is 5.91 Å². The van der Waals surface area contributed by atoms with Crippen LogP contribution in [0.1, 0.15) is 30.1 Å². The van der Waals surface area contributed by atoms with Gasteiger partial charge in [0.05, 0.1) is 24.5 Å². The Morgan fingerprint density at radius 1 is 1.68 bits per heavy atom. The van der Waals surface area contributed by atoms with Gasteiger partial charge in [-0.2, -0.15) is 0 Å². The normalized spacial score (nSPS) is 19.3. The van der Waals surface area contributed by atoms with Crippen molar-refractivity contribution in [1.82, 2.24) is 9.88 Å². The fourth-order valence-electron chi connectivity index (χ4n) is 2.16. The summed E-state index contributed by atoms with van der Waals surface area (Å²) in [4.78, 5) is 18.2. The first kappa shape index (κ1) is 14.3. The number of β-amino-alcohol motifs (C(OH)–C–C–N with tert-alkyl or cyclic N) is 1. The van der Waals surface area contributed by atoms with Gasteiger partial charge in [0.15, 0.2) is 0 Å². The highest BCUT2D eigenvalue weighted by molar-refractivity contribution is 9.10. The summed E-state index contributed by atoms with van der Waals surface area (Å²) in [6, 6.07) is 1.66. The third-order valence-corrected chi connectivity index (χ3v) is 3.48. The zero-order valence-electron chi connectivity index (χ0n) is 10.8. The summed E-state index contributed by atoms with van der Waals surface area (Å²) in [7, 11) is 0. The molecule has 1 saturated heterocycles. The van der Waals surface area contributed by atoms with Gasteiger partial charge >= 0.3 is 0 Å². The summed E-state index contributed by atoms with van der Waals surface area (Å²) in [5.41, 5.74) is 0.484. The fourth-order valence-corrected chi connectivity index (χ4v) is 2.50. The monoisotopic (exact) mass is 328 g/mol. The smallest absolute Gasteiger partial charge is 0.257 e. The molecule has 5 nitrogen and oxygen atoms in total. The Morgan fingerprint density at radius 2 is 2.47 bits per heavy atom. The summed E-state index contributed by atoms with van der Waals surface area (Å²) in [6.07, 6.45) is 2.69. The average Bonchev–Trinajstić information content (AvgIpc) is 2.40. The van der Waals surface area contributed by atoms with Crippen molar-refractivity contribution >= 4 is 21.8 Å². The number of nitrogens with zero attached hydrogens (tertiary/aromatic N) is 2. The minimum atomic E-state index is -0.432. The highest BCUT2D eigenvalue weighted by Crippen LogP contribution is 2.24. The number of likely N-dealkylation sites (tertiary alicyclic amines) is 1. The number of carbonyl (C=O) groups excluding carboxylic acids is 1. The third kappa shape index (κ3) is 3.45. The Balaban J connectivity index is 2.24. The number of halogens is 1. The highest BCUT2D eigenvalue weighted by Gasteiger charge is 2.25. The quantitative estimate of drug-likeness (QED) is 0.860. The number of ether oxygens (including phenoxy) is 1. The first-order valence-electron chi connectivity index (χ1n) is 6.37. The van der Waals surface area contributed by atoms with Crippen LogP contribution in [0, 0.1) is 0 Å². The van der Waals surface area contributed by atoms with E-state index in [2.05, 4.69) is 20.9 Å². The van der Waals surface area contributed by atoms with Crippen LogP contribution in [0.3, 0.4) is 0 Å². The van der Waals surface area contributed by atoms with Gasteiger partial charge in [-0.1, -0.05) is 0 Å². The van der Waals surface area contributed by atoms with Crippen LogP contribution < -0.4 is 4.74 Å². The van der Waals surface area contributed by atoms with Crippen LogP contribution >= 0.6 is 15.9 Å². The fraction of sp³-hybridized carbons (Fsp3) is 0.538. The zero-order chi connectivity index (χ0) is 13.8. The van der Waals surface area contributed by atoms with Crippen LogP contribution in [0.15, 0.2) is 16.9 Å². The van der Waals surface area contributed by atoms with Gasteiger partial charge in [-0.25, -0.2) is 4.98 Å². The molecule has 1 N–H and O–H groups in total. The predicted octanol–water partition coefficient (Wildman–Crippen LogP) is 1.84. The number of aliphatic hydroxyl groups is 1. The molecule has 1 atom stereocenters. The molecule has 0 bridgehead atoms. The summed E-state index contributed by atoms with van der Waals surface area (Å²) in [6.45, 7) is 3.39. The van der Waals surface area contributed by atoms with Crippen molar-refractivity contribution in [2.24, 2.45) is 0 Å². The Morgan fingerprint density at radius 3 is 3.16 bits per heavy atom. The molecule has 2 heterocycles. The molecular formula is C13H17BrN2O3. The topological polar surface area (TPSA) is 62.7 Å². The molecule has 0 spiro atoms. The van der Waals surface area contributed by atoms with E-state index in [1.54, 1.807) is 17.2 Å². The molecule has 0 aliphatic carbocycles. The van der Waals surface area contributed by atoms with Crippen LogP contribution in [-0.4, -0.2) is 46.7 Å². The SMILES string of the molecule is CCOc1cnc(Br)cc1C(=O)N1CCCC(O)C1. The number of pyridine rings is 1. The Bertz CT molecular complexity index is 467. The van der Waals surface area contributed by atoms with Gasteiger partial charge in [0, 0.05) is 13.1 Å². The van der Waals surface area contributed by atoms with Crippen molar-refractivity contribution in [3.63, 3.8) is 0 Å². The number of carbonyl (C=O) groups is 1. The van der Waals surface area contributed by atoms with E-state index in [9.17, 15) is 9.90 Å². The van der Waals surface area contributed by atoms with Crippen LogP contribution in [0.5, 0.6) is 5.75 Å². The van der Waals surface area contributed by atoms with E-state index in [1.807, 2.05) is 6.92 Å². The number of amides is 1. The molecule has 0 radical (unpaired) electrons. The summed E-state index contributed by atoms with van der Waals surface area (Å²) >= 11 is 3.26. The molecular weight excluding hydrogens is 312 g/mol. The Kier molecular flexibility index (Phi) is 4.76. The second-order valence-electron chi connectivity index (χ2n) is 4.48. The van der Waals surface area contributed by atoms with Gasteiger partial charge in [0.1, 0.15) is 10.4 Å². The second-order valence-corrected chi connectivity index (χ2v) is 5.30. The maximum atomic E-state index is 12.5. The second kappa shape index (κ2) is 6.34. The van der Waals surface area contributed by atoms with Gasteiger partial charge in [-0.05, 0) is 41.8 Å². The lowest BCUT2D eigenvalue weighted by atomic mass is 10.1. The molecule has 0 aromatic carbocycles. The van der Waals surface area contributed by atoms with Crippen molar-refractivity contribution < 1.29 is 14.6 Å². The van der Waals surface area contributed by atoms with E-state index in [4.69, 9.17) is 4.74 Å². The molecule has 1 aromatic rings. The van der Waals surface area contributed by atoms with Gasteiger partial charge in [0.2, 0.25) is 0 Å². The Labute approximate surface area is 120 Å². The number of piperidine rings is 1. The largest absolute Gasteiger partial charge is 0.491 e. The molecule has 1 aliphatic heterocycles. The summed E-state index contributed by atoms with van der Waals surface area (Å²) < 4.78 is 6.03. The lowest BCUT2D eigenvalue weighted by Crippen LogP contribution is -2.42. The predicted molar refractivity (Wildman–Crippen MR) is 74.3 cm³/mol. The zero-order valence-corrected chi connectivity index (χ0v) is 12.4. The molecule has 1 unspecified atom stereocenters. The molecule has 104 valence electrons. The summed E-state index contributed by atoms with van der Waals surface area (Å²) in [5, 5.41) is 9.66. The molecule has 1 aliphatic rings. The maximum Gasteiger partial charge on any atom is 0.257 e. The number of hydrogen-bond acceptors (Lipinski definition) is 4. The standard InChI is InChI=1S/C13H17BrN2O3/c1-2-19-11-7-15-12(14)6-10(11)13(18)16-5-3-4-9(17)8-16/h6-7,9,17H,2-5,8H2,1H3. The van der Waals surface area contributed by atoms with Crippen molar-refractivity contribution in [2.75, 3.05) is 19.7 Å². The van der Waals surface area contributed by atoms with E-state index in [1.165, 1.54) is 0 Å². The first-order valence-corrected chi connectivity index (χ1v) is 7.16. The van der Waals surface area contributed by atoms with Crippen LogP contribution in [0.4, 0.5) is 0 Å². The lowest BCUT2D eigenvalue weighted by molar-refractivity contribution is 0.0470. The maximum absolute atomic E-state index is 12.5. The van der Waals surface area contributed by atoms with E-state index >= 15 is 0 Å². The van der Waals surface area contributed by atoms with E-state index in [0.29, 0.717) is 35.6 Å². The molecule has 2 rings (SSSR count). The average molecular weight is 329 g/mol. The molecule has 1 aromatic heterocycles.